The Morgan fingerprint density at radius 2 is 2.08 bits per heavy atom. The summed E-state index contributed by atoms with van der Waals surface area (Å²) < 4.78 is 30.5. The van der Waals surface area contributed by atoms with Gasteiger partial charge in [0.1, 0.15) is 5.60 Å². The molecule has 0 saturated heterocycles. The van der Waals surface area contributed by atoms with E-state index in [1.54, 1.807) is 0 Å². The van der Waals surface area contributed by atoms with Crippen LogP contribution in [0.2, 0.25) is 0 Å². The fraction of sp³-hybridized carbons (Fsp3) is 0.875. The van der Waals surface area contributed by atoms with Crippen LogP contribution in [0.3, 0.4) is 0 Å². The first kappa shape index (κ1) is 9.58. The van der Waals surface area contributed by atoms with E-state index in [1.807, 2.05) is 0 Å². The summed E-state index contributed by atoms with van der Waals surface area (Å²) in [6.07, 6.45) is -0.919. The Labute approximate surface area is 69.9 Å². The van der Waals surface area contributed by atoms with Crippen LogP contribution >= 0.6 is 0 Å². The van der Waals surface area contributed by atoms with Crippen LogP contribution in [0.5, 0.6) is 0 Å². The number of Topliss-reactive ketones (excluding diaryl/α,β-unsaturated/α-hetero) is 1. The van der Waals surface area contributed by atoms with E-state index >= 15 is 0 Å². The molecule has 1 fully saturated rings. The van der Waals surface area contributed by atoms with Crippen molar-refractivity contribution in [1.82, 2.24) is 0 Å². The van der Waals surface area contributed by atoms with Crippen molar-refractivity contribution in [3.63, 3.8) is 0 Å². The van der Waals surface area contributed by atoms with Crippen LogP contribution in [0, 0.1) is 0 Å². The Balaban J connectivity index is 2.79. The van der Waals surface area contributed by atoms with E-state index in [-0.39, 0.29) is 18.6 Å². The maximum absolute atomic E-state index is 12.8. The molecule has 0 radical (unpaired) electrons. The first-order valence-corrected chi connectivity index (χ1v) is 3.86. The highest BCUT2D eigenvalue weighted by Crippen LogP contribution is 2.38. The van der Waals surface area contributed by atoms with Crippen molar-refractivity contribution in [2.45, 2.75) is 37.7 Å². The molecule has 1 unspecified atom stereocenters. The monoisotopic (exact) mass is 178 g/mol. The smallest absolute Gasteiger partial charge is 0.251 e. The summed E-state index contributed by atoms with van der Waals surface area (Å²) in [5, 5.41) is 0. The topological polar surface area (TPSA) is 26.3 Å². The first-order chi connectivity index (χ1) is 5.40. The minimum Gasteiger partial charge on any atom is -0.371 e. The van der Waals surface area contributed by atoms with Crippen LogP contribution in [0.15, 0.2) is 0 Å². The van der Waals surface area contributed by atoms with Crippen molar-refractivity contribution < 1.29 is 18.3 Å². The predicted octanol–water partition coefficient (Wildman–Crippen LogP) is 1.78. The molecule has 12 heavy (non-hydrogen) atoms. The zero-order valence-corrected chi connectivity index (χ0v) is 7.19. The average Bonchev–Trinajstić information content (AvgIpc) is 1.97. The molecule has 0 aliphatic heterocycles. The number of hydrogen-bond acceptors (Lipinski definition) is 2. The maximum Gasteiger partial charge on any atom is 0.251 e. The van der Waals surface area contributed by atoms with Gasteiger partial charge in [0, 0.05) is 26.4 Å². The van der Waals surface area contributed by atoms with E-state index in [0.29, 0.717) is 0 Å². The molecule has 1 rings (SSSR count). The highest BCUT2D eigenvalue weighted by Gasteiger charge is 2.48. The number of halogens is 2. The minimum absolute atomic E-state index is 0.0860. The van der Waals surface area contributed by atoms with Gasteiger partial charge in [-0.05, 0) is 6.92 Å². The summed E-state index contributed by atoms with van der Waals surface area (Å²) in [4.78, 5) is 11.2. The number of ether oxygens (including phenoxy) is 1. The lowest BCUT2D eigenvalue weighted by atomic mass is 9.82. The summed E-state index contributed by atoms with van der Waals surface area (Å²) in [5.41, 5.74) is -1.28. The molecule has 1 aliphatic rings. The molecule has 1 aliphatic carbocycles. The van der Waals surface area contributed by atoms with Gasteiger partial charge in [-0.2, -0.15) is 0 Å². The zero-order valence-electron chi connectivity index (χ0n) is 7.19. The van der Waals surface area contributed by atoms with E-state index in [0.717, 1.165) is 0 Å². The minimum atomic E-state index is -2.75. The van der Waals surface area contributed by atoms with Gasteiger partial charge in [-0.15, -0.1) is 0 Å². The number of hydrogen-bond donors (Lipinski definition) is 0. The van der Waals surface area contributed by atoms with Gasteiger partial charge in [-0.25, -0.2) is 8.78 Å². The van der Waals surface area contributed by atoms with Crippen LogP contribution < -0.4 is 0 Å². The van der Waals surface area contributed by atoms with Crippen LogP contribution in [-0.4, -0.2) is 24.4 Å². The summed E-state index contributed by atoms with van der Waals surface area (Å²) in [6.45, 7) is 1.42. The number of alkyl halides is 2. The Hall–Kier alpha value is -0.510. The van der Waals surface area contributed by atoms with Gasteiger partial charge in [-0.1, -0.05) is 0 Å². The molecule has 0 bridgehead atoms. The molecule has 0 spiro atoms. The van der Waals surface area contributed by atoms with E-state index in [1.165, 1.54) is 14.0 Å². The second-order valence-corrected chi connectivity index (χ2v) is 3.39. The lowest BCUT2D eigenvalue weighted by Crippen LogP contribution is -2.47. The van der Waals surface area contributed by atoms with Gasteiger partial charge in [0.25, 0.3) is 5.92 Å². The third kappa shape index (κ3) is 1.63. The predicted molar refractivity (Wildman–Crippen MR) is 39.2 cm³/mol. The molecule has 0 aromatic carbocycles. The number of carbonyl (C=O) groups is 1. The van der Waals surface area contributed by atoms with Crippen LogP contribution in [0.4, 0.5) is 8.78 Å². The highest BCUT2D eigenvalue weighted by molar-refractivity contribution is 5.87. The molecule has 70 valence electrons. The number of carbonyl (C=O) groups excluding carboxylic acids is 1. The SMILES string of the molecule is COC1(C)CC(F)(F)CCC1=O. The zero-order chi connectivity index (χ0) is 9.41. The number of ketones is 1. The van der Waals surface area contributed by atoms with Crippen molar-refractivity contribution in [2.24, 2.45) is 0 Å². The van der Waals surface area contributed by atoms with E-state index in [9.17, 15) is 13.6 Å². The molecule has 0 N–H and O–H groups in total. The van der Waals surface area contributed by atoms with Crippen molar-refractivity contribution in [2.75, 3.05) is 7.11 Å². The van der Waals surface area contributed by atoms with Gasteiger partial charge in [0.2, 0.25) is 0 Å². The largest absolute Gasteiger partial charge is 0.371 e. The van der Waals surface area contributed by atoms with Crippen molar-refractivity contribution >= 4 is 5.78 Å². The van der Waals surface area contributed by atoms with E-state index in [2.05, 4.69) is 0 Å². The van der Waals surface area contributed by atoms with Gasteiger partial charge >= 0.3 is 0 Å². The van der Waals surface area contributed by atoms with Crippen molar-refractivity contribution in [3.05, 3.63) is 0 Å². The fourth-order valence-electron chi connectivity index (χ4n) is 1.43. The van der Waals surface area contributed by atoms with Gasteiger partial charge in [0.15, 0.2) is 5.78 Å². The molecular weight excluding hydrogens is 166 g/mol. The Bertz CT molecular complexity index is 203. The molecule has 2 nitrogen and oxygen atoms in total. The van der Waals surface area contributed by atoms with Crippen molar-refractivity contribution in [3.8, 4) is 0 Å². The molecule has 4 heteroatoms. The summed E-state index contributed by atoms with van der Waals surface area (Å²) in [6, 6.07) is 0. The summed E-state index contributed by atoms with van der Waals surface area (Å²) in [5.74, 6) is -2.98. The average molecular weight is 178 g/mol. The fourth-order valence-corrected chi connectivity index (χ4v) is 1.43. The summed E-state index contributed by atoms with van der Waals surface area (Å²) in [7, 11) is 1.29. The second-order valence-electron chi connectivity index (χ2n) is 3.39. The molecular formula is C8H12F2O2. The Morgan fingerprint density at radius 3 is 2.50 bits per heavy atom. The van der Waals surface area contributed by atoms with Crippen LogP contribution in [0.1, 0.15) is 26.2 Å². The maximum atomic E-state index is 12.8. The molecule has 1 atom stereocenters. The number of rotatable bonds is 1. The molecule has 0 amide bonds. The van der Waals surface area contributed by atoms with Gasteiger partial charge in [0.05, 0.1) is 0 Å². The molecule has 0 aromatic rings. The molecule has 1 saturated carbocycles. The first-order valence-electron chi connectivity index (χ1n) is 3.86. The molecule has 0 heterocycles. The Kier molecular flexibility index (Phi) is 2.21. The Morgan fingerprint density at radius 1 is 1.50 bits per heavy atom. The summed E-state index contributed by atoms with van der Waals surface area (Å²) >= 11 is 0. The van der Waals surface area contributed by atoms with Gasteiger partial charge in [-0.3, -0.25) is 4.79 Å². The van der Waals surface area contributed by atoms with E-state index in [4.69, 9.17) is 4.74 Å². The normalized spacial score (nSPS) is 35.2. The lowest BCUT2D eigenvalue weighted by Gasteiger charge is -2.35. The third-order valence-corrected chi connectivity index (χ3v) is 2.35. The van der Waals surface area contributed by atoms with Crippen LogP contribution in [0.25, 0.3) is 0 Å². The van der Waals surface area contributed by atoms with Gasteiger partial charge < -0.3 is 4.74 Å². The highest BCUT2D eigenvalue weighted by atomic mass is 19.3. The quantitative estimate of drug-likeness (QED) is 0.611. The molecule has 0 aromatic heterocycles. The van der Waals surface area contributed by atoms with Crippen LogP contribution in [-0.2, 0) is 9.53 Å². The van der Waals surface area contributed by atoms with E-state index < -0.39 is 17.9 Å². The standard InChI is InChI=1S/C8H12F2O2/c1-7(12-2)5-8(9,10)4-3-6(7)11/h3-5H2,1-2H3. The third-order valence-electron chi connectivity index (χ3n) is 2.35. The number of methoxy groups -OCH3 is 1. The second kappa shape index (κ2) is 2.76. The lowest BCUT2D eigenvalue weighted by molar-refractivity contribution is -0.164. The van der Waals surface area contributed by atoms with Crippen molar-refractivity contribution in [1.29, 1.82) is 0 Å².